The Morgan fingerprint density at radius 2 is 2.38 bits per heavy atom. The van der Waals surface area contributed by atoms with Crippen molar-refractivity contribution in [1.29, 1.82) is 0 Å². The van der Waals surface area contributed by atoms with Crippen molar-refractivity contribution in [3.8, 4) is 0 Å². The highest BCUT2D eigenvalue weighted by atomic mass is 16.5. The van der Waals surface area contributed by atoms with Crippen molar-refractivity contribution in [1.82, 2.24) is 14.8 Å². The molecular formula is C16H28N4O. The van der Waals surface area contributed by atoms with Crippen LogP contribution in [0.5, 0.6) is 0 Å². The third-order valence-corrected chi connectivity index (χ3v) is 4.06. The fourth-order valence-corrected chi connectivity index (χ4v) is 2.55. The van der Waals surface area contributed by atoms with Crippen LogP contribution in [0.4, 0.5) is 0 Å². The van der Waals surface area contributed by atoms with Crippen molar-refractivity contribution in [2.24, 2.45) is 17.5 Å². The summed E-state index contributed by atoms with van der Waals surface area (Å²) in [5, 5.41) is 3.38. The zero-order chi connectivity index (χ0) is 15.3. The third kappa shape index (κ3) is 4.24. The third-order valence-electron chi connectivity index (χ3n) is 4.06. The van der Waals surface area contributed by atoms with E-state index < -0.39 is 0 Å². The van der Waals surface area contributed by atoms with E-state index >= 15 is 0 Å². The first-order valence-electron chi connectivity index (χ1n) is 7.71. The van der Waals surface area contributed by atoms with Crippen LogP contribution >= 0.6 is 0 Å². The van der Waals surface area contributed by atoms with E-state index in [0.717, 1.165) is 45.2 Å². The lowest BCUT2D eigenvalue weighted by Crippen LogP contribution is -2.39. The van der Waals surface area contributed by atoms with E-state index in [1.807, 2.05) is 0 Å². The number of aliphatic imine (C=N–C) groups is 1. The molecule has 0 aliphatic carbocycles. The van der Waals surface area contributed by atoms with E-state index in [1.54, 1.807) is 0 Å². The minimum atomic E-state index is 0.187. The van der Waals surface area contributed by atoms with Gasteiger partial charge in [0, 0.05) is 44.6 Å². The van der Waals surface area contributed by atoms with Gasteiger partial charge in [-0.25, -0.2) is 0 Å². The van der Waals surface area contributed by atoms with Gasteiger partial charge in [0.15, 0.2) is 5.96 Å². The molecule has 1 aromatic heterocycles. The summed E-state index contributed by atoms with van der Waals surface area (Å²) in [5.41, 5.74) is 1.46. The topological polar surface area (TPSA) is 41.8 Å². The van der Waals surface area contributed by atoms with E-state index in [2.05, 4.69) is 61.1 Å². The molecule has 1 saturated heterocycles. The van der Waals surface area contributed by atoms with Crippen LogP contribution in [0, 0.1) is 5.41 Å². The van der Waals surface area contributed by atoms with Crippen LogP contribution in [-0.4, -0.2) is 48.8 Å². The maximum atomic E-state index is 5.51. The summed E-state index contributed by atoms with van der Waals surface area (Å²) in [6.45, 7) is 8.58. The molecule has 0 saturated carbocycles. The number of nitrogens with zero attached hydrogens (tertiary/aromatic N) is 3. The Hall–Kier alpha value is -1.49. The van der Waals surface area contributed by atoms with Gasteiger partial charge in [-0.3, -0.25) is 4.99 Å². The number of guanidine groups is 1. The minimum absolute atomic E-state index is 0.187. The van der Waals surface area contributed by atoms with Crippen LogP contribution in [0.3, 0.4) is 0 Å². The second-order valence-corrected chi connectivity index (χ2v) is 6.25. The lowest BCUT2D eigenvalue weighted by Gasteiger charge is -2.25. The number of rotatable bonds is 5. The molecule has 5 nitrogen and oxygen atoms in total. The van der Waals surface area contributed by atoms with Crippen molar-refractivity contribution in [2.45, 2.75) is 26.8 Å². The summed E-state index contributed by atoms with van der Waals surface area (Å²) in [5.74, 6) is 0.965. The molecule has 118 valence electrons. The summed E-state index contributed by atoms with van der Waals surface area (Å²) in [7, 11) is 4.16. The molecule has 5 heteroatoms. The summed E-state index contributed by atoms with van der Waals surface area (Å²) in [6.07, 6.45) is 3.17. The number of hydrogen-bond donors (Lipinski definition) is 1. The van der Waals surface area contributed by atoms with Gasteiger partial charge in [0.25, 0.3) is 0 Å². The van der Waals surface area contributed by atoms with Gasteiger partial charge in [0.05, 0.1) is 19.7 Å². The molecule has 0 spiro atoms. The average molecular weight is 292 g/mol. The van der Waals surface area contributed by atoms with Crippen molar-refractivity contribution >= 4 is 5.96 Å². The summed E-state index contributed by atoms with van der Waals surface area (Å²) >= 11 is 0. The van der Waals surface area contributed by atoms with Crippen LogP contribution in [0.25, 0.3) is 0 Å². The Kier molecular flexibility index (Phi) is 5.28. The van der Waals surface area contributed by atoms with E-state index in [0.29, 0.717) is 0 Å². The number of hydrogen-bond acceptors (Lipinski definition) is 2. The van der Waals surface area contributed by atoms with Gasteiger partial charge in [0.2, 0.25) is 0 Å². The average Bonchev–Trinajstić information content (AvgIpc) is 3.05. The van der Waals surface area contributed by atoms with Crippen molar-refractivity contribution in [2.75, 3.05) is 33.4 Å². The van der Waals surface area contributed by atoms with Crippen LogP contribution < -0.4 is 5.32 Å². The lowest BCUT2D eigenvalue weighted by molar-refractivity contribution is 0.162. The molecule has 1 N–H and O–H groups in total. The molecule has 0 radical (unpaired) electrons. The van der Waals surface area contributed by atoms with Crippen LogP contribution in [0.1, 0.15) is 26.0 Å². The summed E-state index contributed by atoms with van der Waals surface area (Å²) in [6, 6.07) is 4.22. The fourth-order valence-electron chi connectivity index (χ4n) is 2.55. The quantitative estimate of drug-likeness (QED) is 0.665. The lowest BCUT2D eigenvalue weighted by atomic mass is 9.90. The smallest absolute Gasteiger partial charge is 0.194 e. The Morgan fingerprint density at radius 3 is 2.95 bits per heavy atom. The Balaban J connectivity index is 2.01. The molecule has 0 bridgehead atoms. The fraction of sp³-hybridized carbons (Fsp3) is 0.688. The number of aromatic nitrogens is 1. The van der Waals surface area contributed by atoms with Gasteiger partial charge in [-0.05, 0) is 25.5 Å². The predicted octanol–water partition coefficient (Wildman–Crippen LogP) is 1.85. The zero-order valence-corrected chi connectivity index (χ0v) is 13.7. The summed E-state index contributed by atoms with van der Waals surface area (Å²) in [4.78, 5) is 7.00. The summed E-state index contributed by atoms with van der Waals surface area (Å²) < 4.78 is 7.65. The molecule has 1 atom stereocenters. The van der Waals surface area contributed by atoms with Crippen LogP contribution in [-0.2, 0) is 18.3 Å². The molecule has 2 rings (SSSR count). The number of aryl methyl sites for hydroxylation is 1. The van der Waals surface area contributed by atoms with Gasteiger partial charge in [-0.15, -0.1) is 0 Å². The van der Waals surface area contributed by atoms with E-state index in [1.165, 1.54) is 5.69 Å². The molecule has 1 aromatic rings. The highest BCUT2D eigenvalue weighted by Crippen LogP contribution is 2.27. The highest BCUT2D eigenvalue weighted by molar-refractivity contribution is 5.79. The Morgan fingerprint density at radius 1 is 1.57 bits per heavy atom. The molecule has 0 amide bonds. The van der Waals surface area contributed by atoms with E-state index in [-0.39, 0.29) is 5.41 Å². The molecule has 2 heterocycles. The van der Waals surface area contributed by atoms with Crippen molar-refractivity contribution in [3.05, 3.63) is 24.0 Å². The normalized spacial score (nSPS) is 22.6. The van der Waals surface area contributed by atoms with E-state index in [9.17, 15) is 0 Å². The molecule has 1 fully saturated rings. The maximum absolute atomic E-state index is 5.51. The standard InChI is InChI=1S/C16H28N4O/c1-5-17-15(18-12-16(2)8-10-21-13-16)20(4)11-14-7-6-9-19(14)3/h6-7,9H,5,8,10-13H2,1-4H3,(H,17,18). The number of ether oxygens (including phenoxy) is 1. The molecule has 1 aliphatic rings. The second kappa shape index (κ2) is 6.98. The van der Waals surface area contributed by atoms with Crippen LogP contribution in [0.2, 0.25) is 0 Å². The molecule has 21 heavy (non-hydrogen) atoms. The molecule has 0 aromatic carbocycles. The first-order valence-corrected chi connectivity index (χ1v) is 7.71. The monoisotopic (exact) mass is 292 g/mol. The van der Waals surface area contributed by atoms with Gasteiger partial charge in [-0.2, -0.15) is 0 Å². The maximum Gasteiger partial charge on any atom is 0.194 e. The second-order valence-electron chi connectivity index (χ2n) is 6.25. The molecule has 1 unspecified atom stereocenters. The minimum Gasteiger partial charge on any atom is -0.381 e. The SMILES string of the molecule is CCNC(=NCC1(C)CCOC1)N(C)Cc1cccn1C. The first kappa shape index (κ1) is 15.9. The van der Waals surface area contributed by atoms with Crippen molar-refractivity contribution < 1.29 is 4.74 Å². The Labute approximate surface area is 128 Å². The van der Waals surface area contributed by atoms with Gasteiger partial charge < -0.3 is 19.5 Å². The van der Waals surface area contributed by atoms with E-state index in [4.69, 9.17) is 9.73 Å². The molecule has 1 aliphatic heterocycles. The highest BCUT2D eigenvalue weighted by Gasteiger charge is 2.29. The zero-order valence-electron chi connectivity index (χ0n) is 13.7. The molecular weight excluding hydrogens is 264 g/mol. The first-order chi connectivity index (χ1) is 10.0. The number of nitrogens with one attached hydrogen (secondary N) is 1. The largest absolute Gasteiger partial charge is 0.381 e. The predicted molar refractivity (Wildman–Crippen MR) is 86.4 cm³/mol. The van der Waals surface area contributed by atoms with Gasteiger partial charge >= 0.3 is 0 Å². The van der Waals surface area contributed by atoms with Crippen LogP contribution in [0.15, 0.2) is 23.3 Å². The Bertz CT molecular complexity index is 474. The van der Waals surface area contributed by atoms with Gasteiger partial charge in [0.1, 0.15) is 0 Å². The van der Waals surface area contributed by atoms with Crippen molar-refractivity contribution in [3.63, 3.8) is 0 Å². The van der Waals surface area contributed by atoms with Gasteiger partial charge in [-0.1, -0.05) is 6.92 Å².